The summed E-state index contributed by atoms with van der Waals surface area (Å²) in [6, 6.07) is 0. The fourth-order valence-electron chi connectivity index (χ4n) is 2.53. The van der Waals surface area contributed by atoms with Crippen LogP contribution in [0.4, 0.5) is 0 Å². The van der Waals surface area contributed by atoms with Crippen molar-refractivity contribution in [3.05, 3.63) is 10.8 Å². The van der Waals surface area contributed by atoms with Gasteiger partial charge in [0.05, 0.1) is 0 Å². The van der Waals surface area contributed by atoms with Crippen LogP contribution in [0.15, 0.2) is 0 Å². The molecule has 17 heavy (non-hydrogen) atoms. The van der Waals surface area contributed by atoms with E-state index < -0.39 is 0 Å². The molecule has 0 amide bonds. The minimum Gasteiger partial charge on any atom is -0.316 e. The highest BCUT2D eigenvalue weighted by atomic mass is 32.1. The zero-order chi connectivity index (χ0) is 11.4. The molecule has 2 aromatic heterocycles. The molecule has 1 aliphatic heterocycles. The largest absolute Gasteiger partial charge is 0.316 e. The summed E-state index contributed by atoms with van der Waals surface area (Å²) in [6.07, 6.45) is 2.49. The van der Waals surface area contributed by atoms with E-state index >= 15 is 0 Å². The normalized spacial score (nSPS) is 29.2. The molecule has 1 N–H and O–H groups in total. The fourth-order valence-corrected chi connectivity index (χ4v) is 3.61. The number of hydrogen-bond acceptors (Lipinski definition) is 5. The number of nitrogens with one attached hydrogen (secondary N) is 1. The van der Waals surface area contributed by atoms with Gasteiger partial charge in [0.2, 0.25) is 4.96 Å². The van der Waals surface area contributed by atoms with Crippen LogP contribution in [0.1, 0.15) is 42.4 Å². The highest BCUT2D eigenvalue weighted by Gasteiger charge is 2.32. The van der Waals surface area contributed by atoms with Crippen molar-refractivity contribution >= 4 is 16.3 Å². The molecule has 4 rings (SSSR count). The third-order valence-electron chi connectivity index (χ3n) is 3.81. The lowest BCUT2D eigenvalue weighted by molar-refractivity contribution is 0.562. The predicted molar refractivity (Wildman–Crippen MR) is 65.4 cm³/mol. The molecule has 1 aliphatic carbocycles. The lowest BCUT2D eigenvalue weighted by atomic mass is 9.99. The molecule has 0 spiro atoms. The Morgan fingerprint density at radius 3 is 2.88 bits per heavy atom. The van der Waals surface area contributed by atoms with E-state index in [1.165, 1.54) is 17.8 Å². The van der Waals surface area contributed by atoms with E-state index in [0.29, 0.717) is 17.8 Å². The first kappa shape index (κ1) is 9.96. The van der Waals surface area contributed by atoms with Gasteiger partial charge in [-0.15, -0.1) is 10.2 Å². The quantitative estimate of drug-likeness (QED) is 0.873. The fraction of sp³-hybridized carbons (Fsp3) is 0.727. The van der Waals surface area contributed by atoms with Crippen molar-refractivity contribution in [1.82, 2.24) is 25.1 Å². The summed E-state index contributed by atoms with van der Waals surface area (Å²) < 4.78 is 1.97. The summed E-state index contributed by atoms with van der Waals surface area (Å²) in [4.78, 5) is 0.959. The maximum Gasteiger partial charge on any atom is 0.234 e. The Hall–Kier alpha value is -1.01. The predicted octanol–water partition coefficient (Wildman–Crippen LogP) is 1.39. The Bertz CT molecular complexity index is 555. The molecule has 5 nitrogen and oxygen atoms in total. The van der Waals surface area contributed by atoms with Crippen LogP contribution in [0.5, 0.6) is 0 Å². The highest BCUT2D eigenvalue weighted by molar-refractivity contribution is 7.16. The molecule has 0 aromatic carbocycles. The standard InChI is InChI=1S/C11H15N5S/c1-6-4-12-5-8(6)10-15-16-9(7-2-3-7)13-14-11(16)17-10/h6-8,12H,2-5H2,1H3. The van der Waals surface area contributed by atoms with Gasteiger partial charge in [0.15, 0.2) is 5.82 Å². The zero-order valence-electron chi connectivity index (χ0n) is 9.76. The Morgan fingerprint density at radius 1 is 1.29 bits per heavy atom. The first-order valence-corrected chi connectivity index (χ1v) is 7.07. The number of hydrogen-bond donors (Lipinski definition) is 1. The van der Waals surface area contributed by atoms with Crippen LogP contribution in [0.2, 0.25) is 0 Å². The second-order valence-corrected chi connectivity index (χ2v) is 6.20. The molecular formula is C11H15N5S. The van der Waals surface area contributed by atoms with Gasteiger partial charge >= 0.3 is 0 Å². The maximum atomic E-state index is 4.74. The average molecular weight is 249 g/mol. The Kier molecular flexibility index (Phi) is 2.05. The van der Waals surface area contributed by atoms with Gasteiger partial charge in [-0.1, -0.05) is 18.3 Å². The van der Waals surface area contributed by atoms with Gasteiger partial charge in [0, 0.05) is 18.4 Å². The van der Waals surface area contributed by atoms with Gasteiger partial charge in [0.25, 0.3) is 0 Å². The SMILES string of the molecule is CC1CNCC1c1nn2c(C3CC3)nnc2s1. The number of aromatic nitrogens is 4. The summed E-state index contributed by atoms with van der Waals surface area (Å²) in [6.45, 7) is 4.43. The lowest BCUT2D eigenvalue weighted by Crippen LogP contribution is -2.08. The van der Waals surface area contributed by atoms with Crippen molar-refractivity contribution in [2.45, 2.75) is 31.6 Å². The van der Waals surface area contributed by atoms with Crippen LogP contribution < -0.4 is 5.32 Å². The topological polar surface area (TPSA) is 55.1 Å². The van der Waals surface area contributed by atoms with Gasteiger partial charge in [0.1, 0.15) is 5.01 Å². The smallest absolute Gasteiger partial charge is 0.234 e. The molecule has 90 valence electrons. The molecule has 2 atom stereocenters. The van der Waals surface area contributed by atoms with Crippen molar-refractivity contribution in [2.75, 3.05) is 13.1 Å². The van der Waals surface area contributed by atoms with Crippen LogP contribution in [0.3, 0.4) is 0 Å². The Balaban J connectivity index is 1.76. The third kappa shape index (κ3) is 1.51. The summed E-state index contributed by atoms with van der Waals surface area (Å²) in [5.41, 5.74) is 0. The maximum absolute atomic E-state index is 4.74. The Morgan fingerprint density at radius 2 is 2.18 bits per heavy atom. The van der Waals surface area contributed by atoms with Gasteiger partial charge in [-0.3, -0.25) is 0 Å². The van der Waals surface area contributed by atoms with Crippen molar-refractivity contribution in [2.24, 2.45) is 5.92 Å². The summed E-state index contributed by atoms with van der Waals surface area (Å²) >= 11 is 1.70. The zero-order valence-corrected chi connectivity index (χ0v) is 10.6. The number of fused-ring (bicyclic) bond motifs is 1. The average Bonchev–Trinajstić information content (AvgIpc) is 2.75. The Labute approximate surface area is 103 Å². The molecule has 0 bridgehead atoms. The van der Waals surface area contributed by atoms with Crippen molar-refractivity contribution in [1.29, 1.82) is 0 Å². The first-order chi connectivity index (χ1) is 8.33. The van der Waals surface area contributed by atoms with E-state index in [9.17, 15) is 0 Å². The molecule has 6 heteroatoms. The lowest BCUT2D eigenvalue weighted by Gasteiger charge is -2.08. The minimum absolute atomic E-state index is 0.550. The minimum atomic E-state index is 0.550. The second kappa shape index (κ2) is 3.49. The summed E-state index contributed by atoms with van der Waals surface area (Å²) in [7, 11) is 0. The molecule has 2 unspecified atom stereocenters. The van der Waals surface area contributed by atoms with E-state index in [4.69, 9.17) is 5.10 Å². The van der Waals surface area contributed by atoms with Crippen LogP contribution in [-0.2, 0) is 0 Å². The molecule has 1 saturated carbocycles. The van der Waals surface area contributed by atoms with Crippen molar-refractivity contribution < 1.29 is 0 Å². The van der Waals surface area contributed by atoms with E-state index in [-0.39, 0.29) is 0 Å². The first-order valence-electron chi connectivity index (χ1n) is 6.25. The van der Waals surface area contributed by atoms with Gasteiger partial charge in [-0.25, -0.2) is 0 Å². The molecule has 2 aromatic rings. The van der Waals surface area contributed by atoms with Gasteiger partial charge in [-0.2, -0.15) is 9.61 Å². The summed E-state index contributed by atoms with van der Waals surface area (Å²) in [5, 5.41) is 17.9. The van der Waals surface area contributed by atoms with E-state index in [2.05, 4.69) is 22.4 Å². The second-order valence-electron chi connectivity index (χ2n) is 5.21. The van der Waals surface area contributed by atoms with E-state index in [1.54, 1.807) is 11.3 Å². The molecule has 3 heterocycles. The van der Waals surface area contributed by atoms with Crippen molar-refractivity contribution in [3.63, 3.8) is 0 Å². The van der Waals surface area contributed by atoms with Gasteiger partial charge < -0.3 is 5.32 Å². The molecule has 1 saturated heterocycles. The van der Waals surface area contributed by atoms with E-state index in [1.807, 2.05) is 4.52 Å². The number of rotatable bonds is 2. The van der Waals surface area contributed by atoms with Crippen LogP contribution in [0, 0.1) is 5.92 Å². The van der Waals surface area contributed by atoms with Crippen LogP contribution in [0.25, 0.3) is 4.96 Å². The summed E-state index contributed by atoms with van der Waals surface area (Å²) in [5.74, 6) is 2.90. The molecule has 0 radical (unpaired) electrons. The van der Waals surface area contributed by atoms with Crippen LogP contribution >= 0.6 is 11.3 Å². The molecule has 2 aliphatic rings. The highest BCUT2D eigenvalue weighted by Crippen LogP contribution is 2.40. The van der Waals surface area contributed by atoms with Crippen molar-refractivity contribution in [3.8, 4) is 0 Å². The third-order valence-corrected chi connectivity index (χ3v) is 4.84. The monoisotopic (exact) mass is 249 g/mol. The van der Waals surface area contributed by atoms with E-state index in [0.717, 1.165) is 23.9 Å². The molecular weight excluding hydrogens is 234 g/mol. The van der Waals surface area contributed by atoms with Gasteiger partial charge in [-0.05, 0) is 25.3 Å². The van der Waals surface area contributed by atoms with Crippen LogP contribution in [-0.4, -0.2) is 32.9 Å². The number of nitrogens with zero attached hydrogens (tertiary/aromatic N) is 4. The molecule has 2 fully saturated rings.